The van der Waals surface area contributed by atoms with Crippen LogP contribution in [0.5, 0.6) is 0 Å². The SMILES string of the molecule is CC(F)(F)CCCBr. The zero-order valence-corrected chi connectivity index (χ0v) is 6.34. The lowest BCUT2D eigenvalue weighted by Gasteiger charge is -2.06. The summed E-state index contributed by atoms with van der Waals surface area (Å²) in [6.45, 7) is 0.940. The predicted molar refractivity (Wildman–Crippen MR) is 33.6 cm³/mol. The Kier molecular flexibility index (Phi) is 3.53. The maximum absolute atomic E-state index is 11.9. The van der Waals surface area contributed by atoms with Crippen LogP contribution in [0, 0.1) is 0 Å². The average Bonchev–Trinajstić information content (AvgIpc) is 1.59. The van der Waals surface area contributed by atoms with Gasteiger partial charge < -0.3 is 0 Å². The third kappa shape index (κ3) is 6.34. The van der Waals surface area contributed by atoms with Crippen LogP contribution in [-0.2, 0) is 0 Å². The highest BCUT2D eigenvalue weighted by Crippen LogP contribution is 2.18. The quantitative estimate of drug-likeness (QED) is 0.596. The molecule has 0 aromatic rings. The molecule has 0 fully saturated rings. The maximum atomic E-state index is 11.9. The van der Waals surface area contributed by atoms with Gasteiger partial charge in [0.05, 0.1) is 0 Å². The van der Waals surface area contributed by atoms with Crippen LogP contribution in [0.15, 0.2) is 0 Å². The van der Waals surface area contributed by atoms with Crippen molar-refractivity contribution in [2.45, 2.75) is 25.7 Å². The first-order valence-electron chi connectivity index (χ1n) is 2.50. The zero-order valence-electron chi connectivity index (χ0n) is 4.76. The van der Waals surface area contributed by atoms with E-state index in [2.05, 4.69) is 15.9 Å². The lowest BCUT2D eigenvalue weighted by molar-refractivity contribution is 0.0126. The van der Waals surface area contributed by atoms with E-state index in [-0.39, 0.29) is 6.42 Å². The summed E-state index contributed by atoms with van der Waals surface area (Å²) in [6, 6.07) is 0. The van der Waals surface area contributed by atoms with Crippen LogP contribution in [0.4, 0.5) is 8.78 Å². The molecule has 0 bridgehead atoms. The maximum Gasteiger partial charge on any atom is 0.245 e. The minimum absolute atomic E-state index is 0.0156. The van der Waals surface area contributed by atoms with E-state index in [0.29, 0.717) is 11.8 Å². The number of hydrogen-bond acceptors (Lipinski definition) is 0. The fourth-order valence-corrected chi connectivity index (χ4v) is 0.658. The van der Waals surface area contributed by atoms with Gasteiger partial charge in [-0.05, 0) is 13.3 Å². The van der Waals surface area contributed by atoms with Gasteiger partial charge >= 0.3 is 0 Å². The van der Waals surface area contributed by atoms with Gasteiger partial charge in [0.1, 0.15) is 0 Å². The summed E-state index contributed by atoms with van der Waals surface area (Å²) in [4.78, 5) is 0. The van der Waals surface area contributed by atoms with Gasteiger partial charge in [0, 0.05) is 11.8 Å². The molecule has 0 spiro atoms. The summed E-state index contributed by atoms with van der Waals surface area (Å²) < 4.78 is 23.8. The molecule has 0 N–H and O–H groups in total. The summed E-state index contributed by atoms with van der Waals surface area (Å²) in [6.07, 6.45) is 0.530. The van der Waals surface area contributed by atoms with E-state index in [4.69, 9.17) is 0 Å². The van der Waals surface area contributed by atoms with Crippen molar-refractivity contribution in [3.8, 4) is 0 Å². The molecular formula is C5H9BrF2. The first-order valence-corrected chi connectivity index (χ1v) is 3.62. The van der Waals surface area contributed by atoms with E-state index in [1.807, 2.05) is 0 Å². The van der Waals surface area contributed by atoms with Crippen molar-refractivity contribution in [2.75, 3.05) is 5.33 Å². The van der Waals surface area contributed by atoms with Gasteiger partial charge in [-0.25, -0.2) is 8.78 Å². The largest absolute Gasteiger partial charge is 0.245 e. The van der Waals surface area contributed by atoms with E-state index in [9.17, 15) is 8.78 Å². The molecule has 0 nitrogen and oxygen atoms in total. The lowest BCUT2D eigenvalue weighted by Crippen LogP contribution is -2.08. The molecule has 50 valence electrons. The van der Waals surface area contributed by atoms with Crippen molar-refractivity contribution < 1.29 is 8.78 Å². The van der Waals surface area contributed by atoms with Crippen LogP contribution in [0.1, 0.15) is 19.8 Å². The molecule has 0 amide bonds. The zero-order chi connectivity index (χ0) is 6.62. The summed E-state index contributed by atoms with van der Waals surface area (Å²) in [7, 11) is 0. The summed E-state index contributed by atoms with van der Waals surface area (Å²) in [5, 5.41) is 0.663. The van der Waals surface area contributed by atoms with Crippen LogP contribution in [0.25, 0.3) is 0 Å². The molecule has 0 rings (SSSR count). The van der Waals surface area contributed by atoms with Gasteiger partial charge in [-0.2, -0.15) is 0 Å². The van der Waals surface area contributed by atoms with E-state index < -0.39 is 5.92 Å². The van der Waals surface area contributed by atoms with Crippen LogP contribution < -0.4 is 0 Å². The summed E-state index contributed by atoms with van der Waals surface area (Å²) in [5.74, 6) is -2.48. The van der Waals surface area contributed by atoms with Crippen LogP contribution in [0.2, 0.25) is 0 Å². The Balaban J connectivity index is 3.11. The second-order valence-electron chi connectivity index (χ2n) is 1.86. The normalized spacial score (nSPS) is 12.0. The monoisotopic (exact) mass is 186 g/mol. The van der Waals surface area contributed by atoms with Gasteiger partial charge in [0.25, 0.3) is 0 Å². The molecule has 0 aromatic heterocycles. The molecule has 8 heavy (non-hydrogen) atoms. The molecule has 0 saturated carbocycles. The first-order chi connectivity index (χ1) is 3.56. The Morgan fingerprint density at radius 2 is 2.00 bits per heavy atom. The second kappa shape index (κ2) is 3.38. The number of alkyl halides is 3. The minimum atomic E-state index is -2.48. The highest BCUT2D eigenvalue weighted by Gasteiger charge is 2.18. The van der Waals surface area contributed by atoms with E-state index in [0.717, 1.165) is 6.92 Å². The molecule has 0 atom stereocenters. The smallest absolute Gasteiger partial charge is 0.207 e. The Morgan fingerprint density at radius 3 is 2.12 bits per heavy atom. The van der Waals surface area contributed by atoms with Crippen molar-refractivity contribution in [1.82, 2.24) is 0 Å². The second-order valence-corrected chi connectivity index (χ2v) is 2.66. The van der Waals surface area contributed by atoms with Gasteiger partial charge in [0.2, 0.25) is 5.92 Å². The topological polar surface area (TPSA) is 0 Å². The average molecular weight is 187 g/mol. The van der Waals surface area contributed by atoms with Crippen molar-refractivity contribution >= 4 is 15.9 Å². The van der Waals surface area contributed by atoms with Crippen LogP contribution >= 0.6 is 15.9 Å². The molecule has 0 aliphatic carbocycles. The minimum Gasteiger partial charge on any atom is -0.207 e. The molecule has 0 saturated heterocycles. The van der Waals surface area contributed by atoms with Crippen molar-refractivity contribution in [2.24, 2.45) is 0 Å². The molecular weight excluding hydrogens is 178 g/mol. The molecule has 0 aromatic carbocycles. The molecule has 3 heteroatoms. The van der Waals surface area contributed by atoms with Crippen molar-refractivity contribution in [3.63, 3.8) is 0 Å². The molecule has 0 heterocycles. The van der Waals surface area contributed by atoms with Crippen LogP contribution in [-0.4, -0.2) is 11.3 Å². The standard InChI is InChI=1S/C5H9BrF2/c1-5(7,8)3-2-4-6/h2-4H2,1H3. The number of halogens is 3. The van der Waals surface area contributed by atoms with Gasteiger partial charge in [-0.1, -0.05) is 15.9 Å². The molecule has 0 unspecified atom stereocenters. The summed E-state index contributed by atoms with van der Waals surface area (Å²) in [5.41, 5.74) is 0. The van der Waals surface area contributed by atoms with Gasteiger partial charge in [-0.3, -0.25) is 0 Å². The Labute approximate surface area is 56.4 Å². The Bertz CT molecular complexity index is 57.9. The van der Waals surface area contributed by atoms with Gasteiger partial charge in [-0.15, -0.1) is 0 Å². The van der Waals surface area contributed by atoms with Gasteiger partial charge in [0.15, 0.2) is 0 Å². The van der Waals surface area contributed by atoms with E-state index in [1.54, 1.807) is 0 Å². The first kappa shape index (κ1) is 8.34. The van der Waals surface area contributed by atoms with Crippen molar-refractivity contribution in [1.29, 1.82) is 0 Å². The molecule has 0 aliphatic heterocycles. The number of hydrogen-bond donors (Lipinski definition) is 0. The Hall–Kier alpha value is 0.340. The van der Waals surface area contributed by atoms with Crippen molar-refractivity contribution in [3.05, 3.63) is 0 Å². The fourth-order valence-electron chi connectivity index (χ4n) is 0.377. The lowest BCUT2D eigenvalue weighted by atomic mass is 10.2. The fraction of sp³-hybridized carbons (Fsp3) is 1.00. The van der Waals surface area contributed by atoms with E-state index >= 15 is 0 Å². The highest BCUT2D eigenvalue weighted by molar-refractivity contribution is 9.09. The summed E-state index contributed by atoms with van der Waals surface area (Å²) >= 11 is 3.07. The molecule has 0 aliphatic rings. The van der Waals surface area contributed by atoms with Crippen LogP contribution in [0.3, 0.4) is 0 Å². The third-order valence-corrected chi connectivity index (χ3v) is 1.31. The number of rotatable bonds is 3. The Morgan fingerprint density at radius 1 is 1.50 bits per heavy atom. The third-order valence-electron chi connectivity index (χ3n) is 0.749. The molecule has 0 radical (unpaired) electrons. The predicted octanol–water partition coefficient (Wildman–Crippen LogP) is 2.82. The van der Waals surface area contributed by atoms with E-state index in [1.165, 1.54) is 0 Å². The highest BCUT2D eigenvalue weighted by atomic mass is 79.9.